The van der Waals surface area contributed by atoms with E-state index in [1.54, 1.807) is 17.1 Å². The SMILES string of the molecule is CCc1ccc(C(=O)Nc2cnc(-n3nc(C)cc3C)nc2)cc1. The molecule has 0 aliphatic heterocycles. The molecule has 0 bridgehead atoms. The van der Waals surface area contributed by atoms with Crippen molar-refractivity contribution >= 4 is 11.6 Å². The average Bonchev–Trinajstić information content (AvgIpc) is 2.94. The van der Waals surface area contributed by atoms with Crippen LogP contribution < -0.4 is 5.32 Å². The molecule has 0 unspecified atom stereocenters. The molecule has 2 aromatic heterocycles. The Bertz CT molecular complexity index is 850. The largest absolute Gasteiger partial charge is 0.319 e. The lowest BCUT2D eigenvalue weighted by Gasteiger charge is -2.07. The number of carbonyl (C=O) groups excluding carboxylic acids is 1. The Morgan fingerprint density at radius 2 is 1.79 bits per heavy atom. The number of nitrogens with zero attached hydrogens (tertiary/aromatic N) is 4. The maximum Gasteiger partial charge on any atom is 0.255 e. The summed E-state index contributed by atoms with van der Waals surface area (Å²) < 4.78 is 1.67. The van der Waals surface area contributed by atoms with Gasteiger partial charge in [0, 0.05) is 11.3 Å². The van der Waals surface area contributed by atoms with Crippen molar-refractivity contribution in [2.45, 2.75) is 27.2 Å². The molecule has 0 aliphatic carbocycles. The van der Waals surface area contributed by atoms with Crippen molar-refractivity contribution in [2.75, 3.05) is 5.32 Å². The first-order valence-electron chi connectivity index (χ1n) is 7.83. The van der Waals surface area contributed by atoms with Crippen molar-refractivity contribution in [2.24, 2.45) is 0 Å². The van der Waals surface area contributed by atoms with Gasteiger partial charge in [0.15, 0.2) is 0 Å². The summed E-state index contributed by atoms with van der Waals surface area (Å²) in [6.45, 7) is 5.94. The highest BCUT2D eigenvalue weighted by Crippen LogP contribution is 2.12. The third-order valence-corrected chi connectivity index (χ3v) is 3.72. The van der Waals surface area contributed by atoms with E-state index in [2.05, 4.69) is 27.3 Å². The van der Waals surface area contributed by atoms with Gasteiger partial charge < -0.3 is 5.32 Å². The Labute approximate surface area is 140 Å². The highest BCUT2D eigenvalue weighted by atomic mass is 16.1. The topological polar surface area (TPSA) is 72.7 Å². The zero-order chi connectivity index (χ0) is 17.1. The fourth-order valence-corrected chi connectivity index (χ4v) is 2.42. The van der Waals surface area contributed by atoms with Crippen molar-refractivity contribution in [1.29, 1.82) is 0 Å². The van der Waals surface area contributed by atoms with Crippen LogP contribution in [0, 0.1) is 13.8 Å². The van der Waals surface area contributed by atoms with Crippen LogP contribution in [0.1, 0.15) is 34.2 Å². The average molecular weight is 321 g/mol. The summed E-state index contributed by atoms with van der Waals surface area (Å²) in [5.41, 5.74) is 4.22. The van der Waals surface area contributed by atoms with Crippen LogP contribution in [-0.4, -0.2) is 25.7 Å². The van der Waals surface area contributed by atoms with Crippen LogP contribution in [-0.2, 0) is 6.42 Å². The van der Waals surface area contributed by atoms with E-state index < -0.39 is 0 Å². The molecule has 0 aliphatic rings. The van der Waals surface area contributed by atoms with Crippen molar-refractivity contribution in [3.63, 3.8) is 0 Å². The summed E-state index contributed by atoms with van der Waals surface area (Å²) in [6, 6.07) is 9.51. The minimum absolute atomic E-state index is 0.180. The predicted octanol–water partition coefficient (Wildman–Crippen LogP) is 3.09. The monoisotopic (exact) mass is 321 g/mol. The lowest BCUT2D eigenvalue weighted by atomic mass is 10.1. The van der Waals surface area contributed by atoms with Crippen LogP contribution >= 0.6 is 0 Å². The number of aromatic nitrogens is 4. The molecule has 24 heavy (non-hydrogen) atoms. The molecule has 0 spiro atoms. The number of hydrogen-bond acceptors (Lipinski definition) is 4. The van der Waals surface area contributed by atoms with Gasteiger partial charge in [-0.3, -0.25) is 4.79 Å². The summed E-state index contributed by atoms with van der Waals surface area (Å²) in [5, 5.41) is 7.14. The number of amides is 1. The minimum Gasteiger partial charge on any atom is -0.319 e. The Hall–Kier alpha value is -3.02. The fourth-order valence-electron chi connectivity index (χ4n) is 2.42. The minimum atomic E-state index is -0.180. The standard InChI is InChI=1S/C18H19N5O/c1-4-14-5-7-15(8-6-14)17(24)21-16-10-19-18(20-11-16)23-13(3)9-12(2)22-23/h5-11H,4H2,1-3H3,(H,21,24). The van der Waals surface area contributed by atoms with Crippen molar-refractivity contribution in [3.05, 3.63) is 65.2 Å². The number of benzene rings is 1. The lowest BCUT2D eigenvalue weighted by Crippen LogP contribution is -2.13. The summed E-state index contributed by atoms with van der Waals surface area (Å²) >= 11 is 0. The second-order valence-corrected chi connectivity index (χ2v) is 5.62. The first-order chi connectivity index (χ1) is 11.6. The van der Waals surface area contributed by atoms with Gasteiger partial charge in [0.1, 0.15) is 0 Å². The molecular weight excluding hydrogens is 302 g/mol. The Balaban J connectivity index is 1.73. The molecule has 0 saturated heterocycles. The zero-order valence-electron chi connectivity index (χ0n) is 13.9. The maximum absolute atomic E-state index is 12.2. The number of carbonyl (C=O) groups is 1. The Kier molecular flexibility index (Phi) is 4.37. The van der Waals surface area contributed by atoms with Crippen LogP contribution in [0.25, 0.3) is 5.95 Å². The van der Waals surface area contributed by atoms with Crippen LogP contribution in [0.15, 0.2) is 42.7 Å². The van der Waals surface area contributed by atoms with E-state index in [0.717, 1.165) is 17.8 Å². The van der Waals surface area contributed by atoms with Crippen molar-refractivity contribution < 1.29 is 4.79 Å². The fraction of sp³-hybridized carbons (Fsp3) is 0.222. The normalized spacial score (nSPS) is 10.6. The molecular formula is C18H19N5O. The van der Waals surface area contributed by atoms with Gasteiger partial charge >= 0.3 is 0 Å². The third kappa shape index (κ3) is 3.32. The molecule has 0 saturated carbocycles. The summed E-state index contributed by atoms with van der Waals surface area (Å²) in [5.74, 6) is 0.297. The van der Waals surface area contributed by atoms with Crippen LogP contribution in [0.4, 0.5) is 5.69 Å². The van der Waals surface area contributed by atoms with Gasteiger partial charge in [0.05, 0.1) is 23.8 Å². The van der Waals surface area contributed by atoms with Crippen LogP contribution in [0.2, 0.25) is 0 Å². The summed E-state index contributed by atoms with van der Waals surface area (Å²) in [4.78, 5) is 20.8. The number of nitrogens with one attached hydrogen (secondary N) is 1. The molecule has 0 fully saturated rings. The number of rotatable bonds is 4. The second-order valence-electron chi connectivity index (χ2n) is 5.62. The van der Waals surface area contributed by atoms with E-state index in [-0.39, 0.29) is 5.91 Å². The molecule has 3 aromatic rings. The summed E-state index contributed by atoms with van der Waals surface area (Å²) in [7, 11) is 0. The number of aryl methyl sites for hydroxylation is 3. The molecule has 3 rings (SSSR count). The van der Waals surface area contributed by atoms with E-state index >= 15 is 0 Å². The smallest absolute Gasteiger partial charge is 0.255 e. The van der Waals surface area contributed by atoms with Gasteiger partial charge in [-0.05, 0) is 44.0 Å². The zero-order valence-corrected chi connectivity index (χ0v) is 13.9. The number of hydrogen-bond donors (Lipinski definition) is 1. The molecule has 0 atom stereocenters. The van der Waals surface area contributed by atoms with Gasteiger partial charge in [-0.25, -0.2) is 14.6 Å². The van der Waals surface area contributed by atoms with E-state index in [1.807, 2.05) is 44.2 Å². The van der Waals surface area contributed by atoms with Gasteiger partial charge in [0.25, 0.3) is 11.9 Å². The van der Waals surface area contributed by atoms with E-state index in [0.29, 0.717) is 17.2 Å². The van der Waals surface area contributed by atoms with Gasteiger partial charge in [0.2, 0.25) is 0 Å². The molecule has 1 N–H and O–H groups in total. The first-order valence-corrected chi connectivity index (χ1v) is 7.83. The quantitative estimate of drug-likeness (QED) is 0.801. The van der Waals surface area contributed by atoms with E-state index in [9.17, 15) is 4.79 Å². The van der Waals surface area contributed by atoms with Crippen molar-refractivity contribution in [3.8, 4) is 5.95 Å². The number of anilines is 1. The predicted molar refractivity (Wildman–Crippen MR) is 92.4 cm³/mol. The molecule has 0 radical (unpaired) electrons. The van der Waals surface area contributed by atoms with Gasteiger partial charge in [-0.2, -0.15) is 5.10 Å². The highest BCUT2D eigenvalue weighted by molar-refractivity contribution is 6.04. The molecule has 122 valence electrons. The van der Waals surface area contributed by atoms with Gasteiger partial charge in [-0.1, -0.05) is 19.1 Å². The highest BCUT2D eigenvalue weighted by Gasteiger charge is 2.09. The molecule has 2 heterocycles. The third-order valence-electron chi connectivity index (χ3n) is 3.72. The summed E-state index contributed by atoms with van der Waals surface area (Å²) in [6.07, 6.45) is 4.11. The van der Waals surface area contributed by atoms with Crippen LogP contribution in [0.5, 0.6) is 0 Å². The lowest BCUT2D eigenvalue weighted by molar-refractivity contribution is 0.102. The van der Waals surface area contributed by atoms with Crippen LogP contribution in [0.3, 0.4) is 0 Å². The van der Waals surface area contributed by atoms with Gasteiger partial charge in [-0.15, -0.1) is 0 Å². The van der Waals surface area contributed by atoms with E-state index in [4.69, 9.17) is 0 Å². The molecule has 6 nitrogen and oxygen atoms in total. The second kappa shape index (κ2) is 6.62. The molecule has 6 heteroatoms. The van der Waals surface area contributed by atoms with Crippen molar-refractivity contribution in [1.82, 2.24) is 19.7 Å². The maximum atomic E-state index is 12.2. The first kappa shape index (κ1) is 15.9. The Morgan fingerprint density at radius 1 is 1.12 bits per heavy atom. The molecule has 1 amide bonds. The van der Waals surface area contributed by atoms with E-state index in [1.165, 1.54) is 5.56 Å². The molecule has 1 aromatic carbocycles. The Morgan fingerprint density at radius 3 is 2.33 bits per heavy atom.